The number of aliphatic hydroxyl groups is 1. The molecule has 1 fully saturated rings. The summed E-state index contributed by atoms with van der Waals surface area (Å²) in [6.45, 7) is 2.65. The molecule has 5 heteroatoms. The second-order valence-corrected chi connectivity index (χ2v) is 5.03. The minimum absolute atomic E-state index is 0.0101. The first-order chi connectivity index (χ1) is 9.65. The van der Waals surface area contributed by atoms with Crippen LogP contribution in [-0.2, 0) is 4.79 Å². The summed E-state index contributed by atoms with van der Waals surface area (Å²) in [6.07, 6.45) is 0.911. The molecule has 0 aromatic heterocycles. The van der Waals surface area contributed by atoms with E-state index in [1.165, 1.54) is 0 Å². The van der Waals surface area contributed by atoms with E-state index in [1.807, 2.05) is 13.0 Å². The lowest BCUT2D eigenvalue weighted by molar-refractivity contribution is -0.135. The first kappa shape index (κ1) is 14.4. The molecule has 1 aliphatic heterocycles. The molecule has 1 amide bonds. The van der Waals surface area contributed by atoms with E-state index in [2.05, 4.69) is 0 Å². The van der Waals surface area contributed by atoms with E-state index in [4.69, 9.17) is 10.00 Å². The molecule has 0 saturated carbocycles. The highest BCUT2D eigenvalue weighted by Gasteiger charge is 2.33. The van der Waals surface area contributed by atoms with Crippen molar-refractivity contribution < 1.29 is 14.6 Å². The average molecular weight is 274 g/mol. The van der Waals surface area contributed by atoms with Crippen LogP contribution < -0.4 is 4.74 Å². The molecule has 20 heavy (non-hydrogen) atoms. The van der Waals surface area contributed by atoms with E-state index in [0.29, 0.717) is 23.8 Å². The molecule has 2 unspecified atom stereocenters. The fraction of sp³-hybridized carbons (Fsp3) is 0.467. The van der Waals surface area contributed by atoms with Crippen molar-refractivity contribution in [2.45, 2.75) is 19.4 Å². The lowest BCUT2D eigenvalue weighted by Crippen LogP contribution is -2.42. The first-order valence-corrected chi connectivity index (χ1v) is 6.69. The summed E-state index contributed by atoms with van der Waals surface area (Å²) in [5.41, 5.74) is 0.553. The quantitative estimate of drug-likeness (QED) is 0.894. The Kier molecular flexibility index (Phi) is 4.59. The summed E-state index contributed by atoms with van der Waals surface area (Å²) in [6, 6.07) is 8.55. The molecule has 1 saturated heterocycles. The van der Waals surface area contributed by atoms with E-state index in [0.717, 1.165) is 6.42 Å². The van der Waals surface area contributed by atoms with Gasteiger partial charge in [0.25, 0.3) is 5.91 Å². The van der Waals surface area contributed by atoms with Crippen molar-refractivity contribution in [3.8, 4) is 11.8 Å². The predicted octanol–water partition coefficient (Wildman–Crippen LogP) is 1.17. The SMILES string of the molecule is CC1CCN(C(=O)COc2ccc(C#N)cc2)C1CO. The van der Waals surface area contributed by atoms with Crippen LogP contribution in [0.2, 0.25) is 0 Å². The second kappa shape index (κ2) is 6.40. The molecule has 1 heterocycles. The zero-order chi connectivity index (χ0) is 14.5. The Morgan fingerprint density at radius 3 is 2.80 bits per heavy atom. The van der Waals surface area contributed by atoms with Gasteiger partial charge in [-0.05, 0) is 36.6 Å². The lowest BCUT2D eigenvalue weighted by Gasteiger charge is -2.25. The Morgan fingerprint density at radius 1 is 1.50 bits per heavy atom. The summed E-state index contributed by atoms with van der Waals surface area (Å²) in [5, 5.41) is 18.0. The zero-order valence-corrected chi connectivity index (χ0v) is 11.5. The van der Waals surface area contributed by atoms with Gasteiger partial charge in [-0.15, -0.1) is 0 Å². The maximum atomic E-state index is 12.1. The molecule has 106 valence electrons. The van der Waals surface area contributed by atoms with Gasteiger partial charge in [0.1, 0.15) is 5.75 Å². The number of hydrogen-bond acceptors (Lipinski definition) is 4. The Balaban J connectivity index is 1.90. The standard InChI is InChI=1S/C15H18N2O3/c1-11-6-7-17(14(11)9-18)15(19)10-20-13-4-2-12(8-16)3-5-13/h2-5,11,14,18H,6-7,9-10H2,1H3. The lowest BCUT2D eigenvalue weighted by atomic mass is 10.0. The van der Waals surface area contributed by atoms with Crippen molar-refractivity contribution in [2.24, 2.45) is 5.92 Å². The molecule has 0 bridgehead atoms. The molecule has 1 aliphatic rings. The number of carbonyl (C=O) groups is 1. The van der Waals surface area contributed by atoms with Gasteiger partial charge in [0.05, 0.1) is 24.3 Å². The smallest absolute Gasteiger partial charge is 0.260 e. The van der Waals surface area contributed by atoms with Gasteiger partial charge < -0.3 is 14.7 Å². The number of nitrogens with zero attached hydrogens (tertiary/aromatic N) is 2. The third-order valence-corrected chi connectivity index (χ3v) is 3.74. The minimum atomic E-state index is -0.113. The molecular weight excluding hydrogens is 256 g/mol. The van der Waals surface area contributed by atoms with Crippen molar-refractivity contribution in [2.75, 3.05) is 19.8 Å². The number of hydrogen-bond donors (Lipinski definition) is 1. The van der Waals surface area contributed by atoms with Crippen LogP contribution in [0.4, 0.5) is 0 Å². The van der Waals surface area contributed by atoms with Gasteiger partial charge in [-0.25, -0.2) is 0 Å². The Hall–Kier alpha value is -2.06. The number of aliphatic hydroxyl groups excluding tert-OH is 1. The van der Waals surface area contributed by atoms with Crippen LogP contribution in [0.3, 0.4) is 0 Å². The van der Waals surface area contributed by atoms with Gasteiger partial charge in [0.15, 0.2) is 6.61 Å². The van der Waals surface area contributed by atoms with E-state index >= 15 is 0 Å². The fourth-order valence-corrected chi connectivity index (χ4v) is 2.45. The summed E-state index contributed by atoms with van der Waals surface area (Å²) in [4.78, 5) is 13.8. The van der Waals surface area contributed by atoms with Crippen LogP contribution in [0, 0.1) is 17.2 Å². The van der Waals surface area contributed by atoms with E-state index in [-0.39, 0.29) is 25.2 Å². The fourth-order valence-electron chi connectivity index (χ4n) is 2.45. The third-order valence-electron chi connectivity index (χ3n) is 3.74. The molecule has 2 rings (SSSR count). The molecule has 0 spiro atoms. The second-order valence-electron chi connectivity index (χ2n) is 5.03. The van der Waals surface area contributed by atoms with Crippen LogP contribution in [0.1, 0.15) is 18.9 Å². The summed E-state index contributed by atoms with van der Waals surface area (Å²) in [5.74, 6) is 0.766. The highest BCUT2D eigenvalue weighted by Crippen LogP contribution is 2.23. The number of nitriles is 1. The van der Waals surface area contributed by atoms with Crippen LogP contribution in [-0.4, -0.2) is 41.7 Å². The number of rotatable bonds is 4. The Labute approximate surface area is 118 Å². The van der Waals surface area contributed by atoms with Gasteiger partial charge >= 0.3 is 0 Å². The largest absolute Gasteiger partial charge is 0.484 e. The highest BCUT2D eigenvalue weighted by atomic mass is 16.5. The zero-order valence-electron chi connectivity index (χ0n) is 11.5. The Bertz CT molecular complexity index is 507. The molecule has 5 nitrogen and oxygen atoms in total. The van der Waals surface area contributed by atoms with E-state index < -0.39 is 0 Å². The highest BCUT2D eigenvalue weighted by molar-refractivity contribution is 5.78. The molecular formula is C15H18N2O3. The summed E-state index contributed by atoms with van der Waals surface area (Å²) >= 11 is 0. The Morgan fingerprint density at radius 2 is 2.20 bits per heavy atom. The van der Waals surface area contributed by atoms with Crippen LogP contribution in [0.15, 0.2) is 24.3 Å². The van der Waals surface area contributed by atoms with E-state index in [9.17, 15) is 9.90 Å². The van der Waals surface area contributed by atoms with Crippen molar-refractivity contribution in [3.05, 3.63) is 29.8 Å². The number of carbonyl (C=O) groups excluding carboxylic acids is 1. The monoisotopic (exact) mass is 274 g/mol. The molecule has 0 radical (unpaired) electrons. The predicted molar refractivity (Wildman–Crippen MR) is 73.0 cm³/mol. The molecule has 1 aromatic carbocycles. The summed E-state index contributed by atoms with van der Waals surface area (Å²) in [7, 11) is 0. The first-order valence-electron chi connectivity index (χ1n) is 6.69. The molecule has 2 atom stereocenters. The van der Waals surface area contributed by atoms with Crippen LogP contribution in [0.25, 0.3) is 0 Å². The third kappa shape index (κ3) is 3.09. The van der Waals surface area contributed by atoms with Crippen LogP contribution in [0.5, 0.6) is 5.75 Å². The van der Waals surface area contributed by atoms with Crippen molar-refractivity contribution in [3.63, 3.8) is 0 Å². The van der Waals surface area contributed by atoms with E-state index in [1.54, 1.807) is 29.2 Å². The molecule has 1 aromatic rings. The van der Waals surface area contributed by atoms with Gasteiger partial charge in [0.2, 0.25) is 0 Å². The molecule has 1 N–H and O–H groups in total. The normalized spacial score (nSPS) is 21.6. The summed E-state index contributed by atoms with van der Waals surface area (Å²) < 4.78 is 5.43. The van der Waals surface area contributed by atoms with Gasteiger partial charge in [-0.1, -0.05) is 6.92 Å². The number of likely N-dealkylation sites (tertiary alicyclic amines) is 1. The minimum Gasteiger partial charge on any atom is -0.484 e. The maximum Gasteiger partial charge on any atom is 0.260 e. The maximum absolute atomic E-state index is 12.1. The number of benzene rings is 1. The number of ether oxygens (including phenoxy) is 1. The van der Waals surface area contributed by atoms with Crippen molar-refractivity contribution in [1.82, 2.24) is 4.90 Å². The van der Waals surface area contributed by atoms with Crippen molar-refractivity contribution >= 4 is 5.91 Å². The number of amides is 1. The van der Waals surface area contributed by atoms with Crippen LogP contribution >= 0.6 is 0 Å². The molecule has 0 aliphatic carbocycles. The topological polar surface area (TPSA) is 73.6 Å². The van der Waals surface area contributed by atoms with Gasteiger partial charge in [0, 0.05) is 6.54 Å². The van der Waals surface area contributed by atoms with Crippen molar-refractivity contribution in [1.29, 1.82) is 5.26 Å². The van der Waals surface area contributed by atoms with Gasteiger partial charge in [-0.3, -0.25) is 4.79 Å². The average Bonchev–Trinajstić information content (AvgIpc) is 2.86. The van der Waals surface area contributed by atoms with Gasteiger partial charge in [-0.2, -0.15) is 5.26 Å².